The minimum atomic E-state index is -0.428. The molecular formula is C9H13BrN2O2. The van der Waals surface area contributed by atoms with Crippen molar-refractivity contribution in [1.29, 1.82) is 0 Å². The molecule has 0 aliphatic carbocycles. The largest absolute Gasteiger partial charge is 0.464 e. The van der Waals surface area contributed by atoms with Gasteiger partial charge in [-0.05, 0) is 28.3 Å². The molecule has 0 aliphatic rings. The molecule has 1 aromatic rings. The van der Waals surface area contributed by atoms with E-state index >= 15 is 0 Å². The molecule has 0 aromatic carbocycles. The molecular weight excluding hydrogens is 248 g/mol. The van der Waals surface area contributed by atoms with E-state index in [0.29, 0.717) is 16.1 Å². The molecule has 0 spiro atoms. The number of rotatable bonds is 3. The van der Waals surface area contributed by atoms with Crippen LogP contribution in [0, 0.1) is 5.92 Å². The first-order chi connectivity index (χ1) is 6.56. The molecule has 0 amide bonds. The number of nitrogens with zero attached hydrogens (tertiary/aromatic N) is 1. The van der Waals surface area contributed by atoms with E-state index in [2.05, 4.69) is 44.7 Å². The molecule has 0 radical (unpaired) electrons. The van der Waals surface area contributed by atoms with Gasteiger partial charge in [0, 0.05) is 0 Å². The van der Waals surface area contributed by atoms with Crippen molar-refractivity contribution in [1.82, 2.24) is 10.2 Å². The maximum absolute atomic E-state index is 11.2. The third kappa shape index (κ3) is 2.35. The average Bonchev–Trinajstić information content (AvgIpc) is 2.46. The van der Waals surface area contributed by atoms with E-state index < -0.39 is 5.97 Å². The van der Waals surface area contributed by atoms with Crippen molar-refractivity contribution in [2.24, 2.45) is 5.92 Å². The van der Waals surface area contributed by atoms with E-state index in [1.807, 2.05) is 0 Å². The fraction of sp³-hybridized carbons (Fsp3) is 0.556. The lowest BCUT2D eigenvalue weighted by atomic mass is 10.1. The molecule has 78 valence electrons. The van der Waals surface area contributed by atoms with Crippen LogP contribution in [0.3, 0.4) is 0 Å². The Balaban J connectivity index is 2.90. The predicted octanol–water partition coefficient (Wildman–Crippen LogP) is 2.16. The Morgan fingerprint density at radius 1 is 1.64 bits per heavy atom. The second-order valence-corrected chi connectivity index (χ2v) is 4.25. The highest BCUT2D eigenvalue weighted by Gasteiger charge is 2.18. The fourth-order valence-corrected chi connectivity index (χ4v) is 1.64. The Labute approximate surface area is 91.2 Å². The molecule has 0 fully saturated rings. The molecule has 4 nitrogen and oxygen atoms in total. The normalized spacial score (nSPS) is 10.6. The van der Waals surface area contributed by atoms with Gasteiger partial charge in [-0.25, -0.2) is 4.79 Å². The molecule has 0 atom stereocenters. The number of hydrogen-bond acceptors (Lipinski definition) is 3. The van der Waals surface area contributed by atoms with Crippen LogP contribution in [0.5, 0.6) is 0 Å². The SMILES string of the molecule is COC(=O)c1n[nH]c(CC(C)C)c1Br. The molecule has 0 saturated heterocycles. The van der Waals surface area contributed by atoms with E-state index in [-0.39, 0.29) is 0 Å². The van der Waals surface area contributed by atoms with Gasteiger partial charge < -0.3 is 4.74 Å². The zero-order valence-electron chi connectivity index (χ0n) is 8.43. The smallest absolute Gasteiger partial charge is 0.359 e. The van der Waals surface area contributed by atoms with Crippen molar-refractivity contribution in [3.8, 4) is 0 Å². The number of esters is 1. The third-order valence-electron chi connectivity index (χ3n) is 1.77. The summed E-state index contributed by atoms with van der Waals surface area (Å²) < 4.78 is 5.29. The first-order valence-electron chi connectivity index (χ1n) is 4.37. The van der Waals surface area contributed by atoms with Crippen LogP contribution in [0.1, 0.15) is 30.0 Å². The topological polar surface area (TPSA) is 55.0 Å². The van der Waals surface area contributed by atoms with Crippen LogP contribution in [-0.2, 0) is 11.2 Å². The monoisotopic (exact) mass is 260 g/mol. The average molecular weight is 261 g/mol. The minimum absolute atomic E-state index is 0.308. The zero-order valence-corrected chi connectivity index (χ0v) is 10.0. The standard InChI is InChI=1S/C9H13BrN2O2/c1-5(2)4-6-7(10)8(12-11-6)9(13)14-3/h5H,4H2,1-3H3,(H,11,12). The number of hydrogen-bond donors (Lipinski definition) is 1. The number of aromatic nitrogens is 2. The number of aromatic amines is 1. The summed E-state index contributed by atoms with van der Waals surface area (Å²) >= 11 is 3.33. The highest BCUT2D eigenvalue weighted by molar-refractivity contribution is 9.10. The van der Waals surface area contributed by atoms with Gasteiger partial charge in [0.05, 0.1) is 17.3 Å². The summed E-state index contributed by atoms with van der Waals surface area (Å²) in [6.07, 6.45) is 0.852. The van der Waals surface area contributed by atoms with Crippen molar-refractivity contribution < 1.29 is 9.53 Å². The molecule has 1 N–H and O–H groups in total. The van der Waals surface area contributed by atoms with Crippen LogP contribution >= 0.6 is 15.9 Å². The summed E-state index contributed by atoms with van der Waals surface area (Å²) in [5.74, 6) is 0.0837. The number of methoxy groups -OCH3 is 1. The van der Waals surface area contributed by atoms with Gasteiger partial charge in [0.2, 0.25) is 0 Å². The van der Waals surface area contributed by atoms with Crippen molar-refractivity contribution in [3.05, 3.63) is 15.9 Å². The van der Waals surface area contributed by atoms with Gasteiger partial charge in [-0.3, -0.25) is 5.10 Å². The predicted molar refractivity (Wildman–Crippen MR) is 56.2 cm³/mol. The number of ether oxygens (including phenoxy) is 1. The Morgan fingerprint density at radius 3 is 2.79 bits per heavy atom. The molecule has 5 heteroatoms. The summed E-state index contributed by atoms with van der Waals surface area (Å²) in [6.45, 7) is 4.20. The van der Waals surface area contributed by atoms with E-state index in [0.717, 1.165) is 12.1 Å². The molecule has 1 rings (SSSR count). The number of nitrogens with one attached hydrogen (secondary N) is 1. The Hall–Kier alpha value is -0.840. The van der Waals surface area contributed by atoms with Gasteiger partial charge in [0.15, 0.2) is 5.69 Å². The van der Waals surface area contributed by atoms with Crippen LogP contribution in [0.15, 0.2) is 4.47 Å². The van der Waals surface area contributed by atoms with Crippen LogP contribution in [-0.4, -0.2) is 23.3 Å². The first-order valence-corrected chi connectivity index (χ1v) is 5.16. The number of carbonyl (C=O) groups excluding carboxylic acids is 1. The van der Waals surface area contributed by atoms with Gasteiger partial charge in [-0.15, -0.1) is 0 Å². The molecule has 0 bridgehead atoms. The van der Waals surface area contributed by atoms with Crippen molar-refractivity contribution in [2.75, 3.05) is 7.11 Å². The van der Waals surface area contributed by atoms with E-state index in [9.17, 15) is 4.79 Å². The zero-order chi connectivity index (χ0) is 10.7. The number of carbonyl (C=O) groups is 1. The van der Waals surface area contributed by atoms with Gasteiger partial charge in [-0.1, -0.05) is 13.8 Å². The number of halogens is 1. The van der Waals surface area contributed by atoms with Crippen LogP contribution < -0.4 is 0 Å². The third-order valence-corrected chi connectivity index (χ3v) is 2.62. The van der Waals surface area contributed by atoms with Crippen molar-refractivity contribution in [2.45, 2.75) is 20.3 Å². The second kappa shape index (κ2) is 4.59. The van der Waals surface area contributed by atoms with Crippen LogP contribution in [0.25, 0.3) is 0 Å². The summed E-state index contributed by atoms with van der Waals surface area (Å²) in [6, 6.07) is 0. The summed E-state index contributed by atoms with van der Waals surface area (Å²) in [4.78, 5) is 11.2. The van der Waals surface area contributed by atoms with Crippen LogP contribution in [0.2, 0.25) is 0 Å². The van der Waals surface area contributed by atoms with Crippen molar-refractivity contribution in [3.63, 3.8) is 0 Å². The molecule has 0 saturated carbocycles. The summed E-state index contributed by atoms with van der Waals surface area (Å²) in [5.41, 5.74) is 1.24. The highest BCUT2D eigenvalue weighted by atomic mass is 79.9. The minimum Gasteiger partial charge on any atom is -0.464 e. The maximum Gasteiger partial charge on any atom is 0.359 e. The van der Waals surface area contributed by atoms with E-state index in [1.165, 1.54) is 7.11 Å². The lowest BCUT2D eigenvalue weighted by Crippen LogP contribution is -2.02. The Kier molecular flexibility index (Phi) is 3.69. The Morgan fingerprint density at radius 2 is 2.29 bits per heavy atom. The molecule has 0 unspecified atom stereocenters. The maximum atomic E-state index is 11.2. The molecule has 14 heavy (non-hydrogen) atoms. The number of H-pyrrole nitrogens is 1. The Bertz CT molecular complexity index is 334. The van der Waals surface area contributed by atoms with Gasteiger partial charge in [0.25, 0.3) is 0 Å². The van der Waals surface area contributed by atoms with Crippen molar-refractivity contribution >= 4 is 21.9 Å². The van der Waals surface area contributed by atoms with Gasteiger partial charge in [0.1, 0.15) is 0 Å². The van der Waals surface area contributed by atoms with E-state index in [4.69, 9.17) is 0 Å². The molecule has 1 heterocycles. The first kappa shape index (κ1) is 11.2. The highest BCUT2D eigenvalue weighted by Crippen LogP contribution is 2.22. The molecule has 0 aliphatic heterocycles. The molecule has 1 aromatic heterocycles. The lowest BCUT2D eigenvalue weighted by molar-refractivity contribution is 0.0593. The van der Waals surface area contributed by atoms with Crippen LogP contribution in [0.4, 0.5) is 0 Å². The fourth-order valence-electron chi connectivity index (χ4n) is 1.14. The lowest BCUT2D eigenvalue weighted by Gasteiger charge is -2.01. The summed E-state index contributed by atoms with van der Waals surface area (Å²) in [5, 5.41) is 6.72. The summed E-state index contributed by atoms with van der Waals surface area (Å²) in [7, 11) is 1.34. The van der Waals surface area contributed by atoms with Gasteiger partial charge in [-0.2, -0.15) is 5.10 Å². The quantitative estimate of drug-likeness (QED) is 0.848. The van der Waals surface area contributed by atoms with Gasteiger partial charge >= 0.3 is 5.97 Å². The second-order valence-electron chi connectivity index (χ2n) is 3.45. The van der Waals surface area contributed by atoms with E-state index in [1.54, 1.807) is 0 Å².